The summed E-state index contributed by atoms with van der Waals surface area (Å²) in [6.45, 7) is 2.48. The van der Waals surface area contributed by atoms with Gasteiger partial charge >= 0.3 is 0 Å². The largest absolute Gasteiger partial charge is 0.492 e. The molecule has 0 atom stereocenters. The van der Waals surface area contributed by atoms with Crippen LogP contribution in [0.1, 0.15) is 23.7 Å². The van der Waals surface area contributed by atoms with Crippen LogP contribution in [0.25, 0.3) is 0 Å². The molecule has 0 unspecified atom stereocenters. The summed E-state index contributed by atoms with van der Waals surface area (Å²) in [7, 11) is -2.57. The molecule has 39 heavy (non-hydrogen) atoms. The van der Waals surface area contributed by atoms with Crippen molar-refractivity contribution in [2.24, 2.45) is 0 Å². The highest BCUT2D eigenvalue weighted by molar-refractivity contribution is 7.98. The second kappa shape index (κ2) is 14.6. The summed E-state index contributed by atoms with van der Waals surface area (Å²) in [5.74, 6) is -0.653. The fourth-order valence-corrected chi connectivity index (χ4v) is 5.58. The zero-order chi connectivity index (χ0) is 28.3. The molecule has 0 saturated heterocycles. The van der Waals surface area contributed by atoms with Gasteiger partial charge in [-0.3, -0.25) is 13.9 Å². The van der Waals surface area contributed by atoms with Crippen molar-refractivity contribution in [3.63, 3.8) is 0 Å². The topological polar surface area (TPSA) is 114 Å². The molecule has 3 aromatic carbocycles. The molecular weight excluding hydrogens is 538 g/mol. The van der Waals surface area contributed by atoms with Gasteiger partial charge in [-0.1, -0.05) is 24.3 Å². The molecule has 2 amide bonds. The van der Waals surface area contributed by atoms with Crippen LogP contribution in [0.15, 0.2) is 82.6 Å². The maximum atomic E-state index is 13.8. The van der Waals surface area contributed by atoms with E-state index in [0.29, 0.717) is 31.9 Å². The lowest BCUT2D eigenvalue weighted by Crippen LogP contribution is -2.38. The minimum Gasteiger partial charge on any atom is -0.492 e. The van der Waals surface area contributed by atoms with Gasteiger partial charge in [-0.15, -0.1) is 11.8 Å². The smallest absolute Gasteiger partial charge is 0.264 e. The molecule has 2 N–H and O–H groups in total. The predicted molar refractivity (Wildman–Crippen MR) is 154 cm³/mol. The van der Waals surface area contributed by atoms with Crippen LogP contribution >= 0.6 is 11.8 Å². The number of benzene rings is 3. The number of sulfonamides is 1. The van der Waals surface area contributed by atoms with E-state index in [1.165, 1.54) is 23.9 Å². The van der Waals surface area contributed by atoms with Crippen LogP contribution < -0.4 is 19.7 Å². The number of nitrogens with one attached hydrogen (secondary N) is 2. The Balaban J connectivity index is 1.91. The van der Waals surface area contributed by atoms with Gasteiger partial charge in [-0.05, 0) is 68.1 Å². The van der Waals surface area contributed by atoms with Crippen LogP contribution in [0.5, 0.6) is 5.75 Å². The van der Waals surface area contributed by atoms with Gasteiger partial charge < -0.3 is 20.1 Å². The third-order valence-electron chi connectivity index (χ3n) is 5.63. The van der Waals surface area contributed by atoms with E-state index in [1.54, 1.807) is 74.7 Å². The van der Waals surface area contributed by atoms with E-state index >= 15 is 0 Å². The van der Waals surface area contributed by atoms with Crippen molar-refractivity contribution in [1.29, 1.82) is 0 Å². The molecule has 0 heterocycles. The number of methoxy groups -OCH3 is 1. The first kappa shape index (κ1) is 30.0. The summed E-state index contributed by atoms with van der Waals surface area (Å²) < 4.78 is 39.4. The molecule has 9 nitrogen and oxygen atoms in total. The number of carbonyl (C=O) groups is 2. The van der Waals surface area contributed by atoms with Crippen molar-refractivity contribution in [2.75, 3.05) is 49.3 Å². The van der Waals surface area contributed by atoms with Gasteiger partial charge in [0, 0.05) is 25.2 Å². The Hall–Kier alpha value is -3.54. The monoisotopic (exact) mass is 571 g/mol. The molecular formula is C28H33N3O6S2. The zero-order valence-corrected chi connectivity index (χ0v) is 23.8. The van der Waals surface area contributed by atoms with E-state index < -0.39 is 22.5 Å². The first-order chi connectivity index (χ1) is 18.8. The molecule has 208 valence electrons. The Kier molecular flexibility index (Phi) is 11.2. The average Bonchev–Trinajstić information content (AvgIpc) is 2.95. The Morgan fingerprint density at radius 1 is 0.974 bits per heavy atom. The predicted octanol–water partition coefficient (Wildman–Crippen LogP) is 4.41. The van der Waals surface area contributed by atoms with Crippen molar-refractivity contribution >= 4 is 45.0 Å². The van der Waals surface area contributed by atoms with E-state index in [4.69, 9.17) is 9.47 Å². The number of carbonyl (C=O) groups excluding carboxylic acids is 2. The van der Waals surface area contributed by atoms with Gasteiger partial charge in [0.15, 0.2) is 0 Å². The van der Waals surface area contributed by atoms with Crippen LogP contribution in [0, 0.1) is 0 Å². The molecule has 0 aliphatic carbocycles. The van der Waals surface area contributed by atoms with E-state index in [0.717, 1.165) is 9.20 Å². The molecule has 0 spiro atoms. The van der Waals surface area contributed by atoms with Crippen molar-refractivity contribution in [3.05, 3.63) is 78.4 Å². The quantitative estimate of drug-likeness (QED) is 0.218. The molecule has 0 aliphatic rings. The molecule has 11 heteroatoms. The fourth-order valence-electron chi connectivity index (χ4n) is 3.74. The first-order valence-corrected chi connectivity index (χ1v) is 15.0. The first-order valence-electron chi connectivity index (χ1n) is 12.4. The van der Waals surface area contributed by atoms with E-state index in [-0.39, 0.29) is 27.7 Å². The average molecular weight is 572 g/mol. The second-order valence-corrected chi connectivity index (χ2v) is 11.0. The summed E-state index contributed by atoms with van der Waals surface area (Å²) in [6, 6.07) is 19.7. The van der Waals surface area contributed by atoms with Crippen molar-refractivity contribution in [3.8, 4) is 5.75 Å². The normalized spacial score (nSPS) is 11.1. The number of rotatable bonds is 14. The summed E-state index contributed by atoms with van der Waals surface area (Å²) in [5, 5.41) is 5.51. The van der Waals surface area contributed by atoms with Crippen LogP contribution in [-0.4, -0.2) is 59.9 Å². The van der Waals surface area contributed by atoms with E-state index in [9.17, 15) is 18.0 Å². The molecule has 3 aromatic rings. The third kappa shape index (κ3) is 7.98. The molecule has 0 bridgehead atoms. The summed E-state index contributed by atoms with van der Waals surface area (Å²) in [5.41, 5.74) is 0.763. The number of para-hydroxylation sites is 3. The third-order valence-corrected chi connectivity index (χ3v) is 8.14. The van der Waals surface area contributed by atoms with Crippen LogP contribution in [0.3, 0.4) is 0 Å². The highest BCUT2D eigenvalue weighted by Crippen LogP contribution is 2.33. The van der Waals surface area contributed by atoms with Gasteiger partial charge in [0.05, 0.1) is 28.4 Å². The molecule has 3 rings (SSSR count). The van der Waals surface area contributed by atoms with Gasteiger partial charge in [0.2, 0.25) is 5.91 Å². The van der Waals surface area contributed by atoms with Gasteiger partial charge in [-0.2, -0.15) is 0 Å². The standard InChI is InChI=1S/C28H33N3O6S2/c1-4-37-26-13-8-7-12-25(26)31(39(34,35)22-16-14-21(38-3)15-17-22)20-27(32)30-24-11-6-5-10-23(24)28(33)29-18-9-19-36-2/h5-8,10-17H,4,9,18-20H2,1-3H3,(H,29,33)(H,30,32). The molecule has 0 aliphatic heterocycles. The molecule has 0 radical (unpaired) electrons. The van der Waals surface area contributed by atoms with Crippen molar-refractivity contribution in [1.82, 2.24) is 5.32 Å². The number of anilines is 2. The highest BCUT2D eigenvalue weighted by atomic mass is 32.2. The Labute approximate surface area is 233 Å². The number of amides is 2. The minimum atomic E-state index is -4.16. The summed E-state index contributed by atoms with van der Waals surface area (Å²) >= 11 is 1.49. The van der Waals surface area contributed by atoms with Crippen molar-refractivity contribution < 1.29 is 27.5 Å². The van der Waals surface area contributed by atoms with E-state index in [2.05, 4.69) is 10.6 Å². The van der Waals surface area contributed by atoms with Gasteiger partial charge in [0.25, 0.3) is 15.9 Å². The Morgan fingerprint density at radius 3 is 2.36 bits per heavy atom. The number of hydrogen-bond donors (Lipinski definition) is 2. The lowest BCUT2D eigenvalue weighted by atomic mass is 10.1. The molecule has 0 fully saturated rings. The Morgan fingerprint density at radius 2 is 1.67 bits per heavy atom. The number of thioether (sulfide) groups is 1. The maximum absolute atomic E-state index is 13.8. The SMILES string of the molecule is CCOc1ccccc1N(CC(=O)Nc1ccccc1C(=O)NCCCOC)S(=O)(=O)c1ccc(SC)cc1. The maximum Gasteiger partial charge on any atom is 0.264 e. The van der Waals surface area contributed by atoms with E-state index in [1.807, 2.05) is 6.26 Å². The summed E-state index contributed by atoms with van der Waals surface area (Å²) in [4.78, 5) is 27.0. The second-order valence-electron chi connectivity index (χ2n) is 8.28. The summed E-state index contributed by atoms with van der Waals surface area (Å²) in [6.07, 6.45) is 2.54. The van der Waals surface area contributed by atoms with Crippen molar-refractivity contribution in [2.45, 2.75) is 23.1 Å². The lowest BCUT2D eigenvalue weighted by Gasteiger charge is -2.26. The lowest BCUT2D eigenvalue weighted by molar-refractivity contribution is -0.114. The van der Waals surface area contributed by atoms with Crippen LogP contribution in [-0.2, 0) is 19.6 Å². The van der Waals surface area contributed by atoms with Crippen LogP contribution in [0.4, 0.5) is 11.4 Å². The number of hydrogen-bond acceptors (Lipinski definition) is 7. The molecule has 0 saturated carbocycles. The Bertz CT molecular complexity index is 1360. The highest BCUT2D eigenvalue weighted by Gasteiger charge is 2.30. The van der Waals surface area contributed by atoms with Gasteiger partial charge in [0.1, 0.15) is 12.3 Å². The van der Waals surface area contributed by atoms with Gasteiger partial charge in [-0.25, -0.2) is 8.42 Å². The number of nitrogens with zero attached hydrogens (tertiary/aromatic N) is 1. The minimum absolute atomic E-state index is 0.0373. The fraction of sp³-hybridized carbons (Fsp3) is 0.286. The molecule has 0 aromatic heterocycles. The zero-order valence-electron chi connectivity index (χ0n) is 22.2. The number of ether oxygens (including phenoxy) is 2. The van der Waals surface area contributed by atoms with Crippen LogP contribution in [0.2, 0.25) is 0 Å².